The number of benzene rings is 1. The Hall–Kier alpha value is -3.77. The van der Waals surface area contributed by atoms with Crippen molar-refractivity contribution in [2.45, 2.75) is 69.6 Å². The number of carboxylic acid groups (broad SMARTS) is 1. The van der Waals surface area contributed by atoms with Crippen LogP contribution in [0.15, 0.2) is 40.3 Å². The first-order chi connectivity index (χ1) is 22.4. The van der Waals surface area contributed by atoms with Gasteiger partial charge in [-0.15, -0.1) is 10.2 Å². The Morgan fingerprint density at radius 2 is 1.85 bits per heavy atom. The molecule has 2 saturated heterocycles. The summed E-state index contributed by atoms with van der Waals surface area (Å²) in [7, 11) is 0. The number of para-hydroxylation sites is 1. The number of aliphatic imine (C=N–C) groups is 2. The molecule has 1 spiro atoms. The van der Waals surface area contributed by atoms with E-state index in [4.69, 9.17) is 9.98 Å². The summed E-state index contributed by atoms with van der Waals surface area (Å²) >= 11 is 0. The summed E-state index contributed by atoms with van der Waals surface area (Å²) in [4.78, 5) is 31.3. The SMILES string of the molecule is C[C@H]1CN(C2C=NC(N3CCN4c5cc(-c6ccccc6O)nnc5NC[C@H]4C3)=NC2)CCN1C1CC2(CCC(C(=O)O)CC2)C1. The number of aromatic hydroxyl groups is 1. The number of hydrogen-bond donors (Lipinski definition) is 3. The first-order valence-corrected chi connectivity index (χ1v) is 17.1. The number of aliphatic carboxylic acids is 1. The van der Waals surface area contributed by atoms with E-state index in [1.807, 2.05) is 24.3 Å². The van der Waals surface area contributed by atoms with Crippen LogP contribution in [0.5, 0.6) is 5.75 Å². The standard InChI is InChI=1S/C34H45N9O3/c1-22-20-40(10-12-42(22)24-15-34(16-24)8-6-23(7-9-34)32(45)46)25-17-36-33(37-18-25)41-11-13-43-26(21-41)19-35-31-29(43)14-28(38-39-31)27-4-2-3-5-30(27)44/h2-5,14,17,22-26,44H,6-13,15-16,18-21H2,1H3,(H,35,39)(H,45,46)/t22-,23?,24?,25?,26-,34?/m0/s1. The van der Waals surface area contributed by atoms with Crippen LogP contribution in [0.25, 0.3) is 11.3 Å². The fraction of sp³-hybridized carbons (Fsp3) is 0.618. The van der Waals surface area contributed by atoms with Crippen LogP contribution in [0.2, 0.25) is 0 Å². The highest BCUT2D eigenvalue weighted by Gasteiger charge is 2.50. The van der Waals surface area contributed by atoms with Gasteiger partial charge in [0.1, 0.15) is 5.75 Å². The maximum atomic E-state index is 11.4. The molecule has 244 valence electrons. The predicted molar refractivity (Wildman–Crippen MR) is 178 cm³/mol. The van der Waals surface area contributed by atoms with E-state index in [-0.39, 0.29) is 23.8 Å². The van der Waals surface area contributed by atoms with Crippen molar-refractivity contribution in [3.63, 3.8) is 0 Å². The lowest BCUT2D eigenvalue weighted by atomic mass is 9.56. The summed E-state index contributed by atoms with van der Waals surface area (Å²) in [6.07, 6.45) is 8.48. The zero-order valence-electron chi connectivity index (χ0n) is 26.6. The minimum Gasteiger partial charge on any atom is -0.507 e. The number of fused-ring (bicyclic) bond motifs is 3. The van der Waals surface area contributed by atoms with Gasteiger partial charge in [0.25, 0.3) is 0 Å². The number of phenolic OH excluding ortho intramolecular Hbond substituents is 1. The largest absolute Gasteiger partial charge is 0.507 e. The number of nitrogens with one attached hydrogen (secondary N) is 1. The minimum atomic E-state index is -0.606. The van der Waals surface area contributed by atoms with E-state index in [1.54, 1.807) is 6.07 Å². The normalized spacial score (nSPS) is 33.1. The van der Waals surface area contributed by atoms with Gasteiger partial charge in [0.15, 0.2) is 5.82 Å². The third-order valence-corrected chi connectivity index (χ3v) is 11.7. The summed E-state index contributed by atoms with van der Waals surface area (Å²) in [6.45, 7) is 9.53. The van der Waals surface area contributed by atoms with Crippen molar-refractivity contribution in [3.05, 3.63) is 30.3 Å². The molecular formula is C34H45N9O3. The monoisotopic (exact) mass is 627 g/mol. The summed E-state index contributed by atoms with van der Waals surface area (Å²) in [5, 5.41) is 32.0. The van der Waals surface area contributed by atoms with Gasteiger partial charge in [-0.3, -0.25) is 14.6 Å². The van der Waals surface area contributed by atoms with Gasteiger partial charge in [0.05, 0.1) is 35.9 Å². The quantitative estimate of drug-likeness (QED) is 0.465. The van der Waals surface area contributed by atoms with E-state index < -0.39 is 5.97 Å². The van der Waals surface area contributed by atoms with Crippen LogP contribution in [0, 0.1) is 11.3 Å². The molecule has 2 aliphatic carbocycles. The molecule has 2 aromatic rings. The van der Waals surface area contributed by atoms with Gasteiger partial charge in [-0.1, -0.05) is 12.1 Å². The Balaban J connectivity index is 0.839. The van der Waals surface area contributed by atoms with Crippen molar-refractivity contribution >= 4 is 29.6 Å². The fourth-order valence-electron chi connectivity index (χ4n) is 9.00. The van der Waals surface area contributed by atoms with Crippen molar-refractivity contribution in [1.82, 2.24) is 24.9 Å². The second-order valence-electron chi connectivity index (χ2n) is 14.4. The van der Waals surface area contributed by atoms with Crippen molar-refractivity contribution in [2.24, 2.45) is 21.3 Å². The number of piperazine rings is 2. The Morgan fingerprint density at radius 1 is 1.02 bits per heavy atom. The van der Waals surface area contributed by atoms with Crippen molar-refractivity contribution in [2.75, 3.05) is 62.6 Å². The second kappa shape index (κ2) is 11.8. The predicted octanol–water partition coefficient (Wildman–Crippen LogP) is 3.00. The summed E-state index contributed by atoms with van der Waals surface area (Å²) in [5.41, 5.74) is 2.78. The van der Waals surface area contributed by atoms with Crippen LogP contribution in [0.4, 0.5) is 11.5 Å². The molecule has 8 rings (SSSR count). The van der Waals surface area contributed by atoms with Gasteiger partial charge < -0.3 is 25.3 Å². The van der Waals surface area contributed by atoms with E-state index in [2.05, 4.69) is 48.3 Å². The zero-order valence-corrected chi connectivity index (χ0v) is 26.6. The van der Waals surface area contributed by atoms with Crippen molar-refractivity contribution < 1.29 is 15.0 Å². The van der Waals surface area contributed by atoms with Crippen LogP contribution in [-0.2, 0) is 4.79 Å². The lowest BCUT2D eigenvalue weighted by Gasteiger charge is -2.57. The maximum absolute atomic E-state index is 11.4. The molecule has 1 unspecified atom stereocenters. The first-order valence-electron chi connectivity index (χ1n) is 17.1. The van der Waals surface area contributed by atoms with E-state index >= 15 is 0 Å². The molecule has 0 radical (unpaired) electrons. The Kier molecular flexibility index (Phi) is 7.59. The number of aromatic nitrogens is 2. The van der Waals surface area contributed by atoms with E-state index in [0.717, 1.165) is 95.5 Å². The number of hydrogen-bond acceptors (Lipinski definition) is 11. The van der Waals surface area contributed by atoms with Crippen LogP contribution >= 0.6 is 0 Å². The number of carboxylic acids is 1. The first kappa shape index (κ1) is 29.6. The van der Waals surface area contributed by atoms with Gasteiger partial charge >= 0.3 is 5.97 Å². The highest BCUT2D eigenvalue weighted by Crippen LogP contribution is 2.54. The van der Waals surface area contributed by atoms with Crippen LogP contribution < -0.4 is 10.2 Å². The number of phenols is 1. The van der Waals surface area contributed by atoms with E-state index in [0.29, 0.717) is 28.8 Å². The molecule has 0 bridgehead atoms. The third kappa shape index (κ3) is 5.38. The number of guanidine groups is 1. The van der Waals surface area contributed by atoms with Gasteiger partial charge in [-0.2, -0.15) is 0 Å². The highest BCUT2D eigenvalue weighted by atomic mass is 16.4. The van der Waals surface area contributed by atoms with Crippen LogP contribution in [-0.4, -0.2) is 130 Å². The zero-order chi connectivity index (χ0) is 31.4. The van der Waals surface area contributed by atoms with Gasteiger partial charge in [-0.25, -0.2) is 9.98 Å². The number of carbonyl (C=O) groups is 1. The second-order valence-corrected chi connectivity index (χ2v) is 14.4. The number of rotatable bonds is 4. The molecule has 5 heterocycles. The fourth-order valence-corrected chi connectivity index (χ4v) is 9.00. The van der Waals surface area contributed by atoms with Crippen LogP contribution in [0.3, 0.4) is 0 Å². The minimum absolute atomic E-state index is 0.125. The average Bonchev–Trinajstić information content (AvgIpc) is 3.07. The van der Waals surface area contributed by atoms with Crippen LogP contribution in [0.1, 0.15) is 45.4 Å². The Bertz CT molecular complexity index is 1530. The molecule has 4 fully saturated rings. The molecular weight excluding hydrogens is 582 g/mol. The molecule has 46 heavy (non-hydrogen) atoms. The molecule has 0 amide bonds. The van der Waals surface area contributed by atoms with Crippen molar-refractivity contribution in [3.8, 4) is 17.0 Å². The summed E-state index contributed by atoms with van der Waals surface area (Å²) in [6, 6.07) is 10.9. The van der Waals surface area contributed by atoms with Gasteiger partial charge in [0, 0.05) is 69.7 Å². The van der Waals surface area contributed by atoms with Crippen molar-refractivity contribution in [1.29, 1.82) is 0 Å². The third-order valence-electron chi connectivity index (χ3n) is 11.7. The smallest absolute Gasteiger partial charge is 0.306 e. The molecule has 6 aliphatic rings. The number of nitrogens with zero attached hydrogens (tertiary/aromatic N) is 8. The van der Waals surface area contributed by atoms with Gasteiger partial charge in [-0.05, 0) is 69.1 Å². The maximum Gasteiger partial charge on any atom is 0.306 e. The molecule has 3 N–H and O–H groups in total. The lowest BCUT2D eigenvalue weighted by molar-refractivity contribution is -0.145. The lowest BCUT2D eigenvalue weighted by Crippen LogP contribution is -2.63. The summed E-state index contributed by atoms with van der Waals surface area (Å²) < 4.78 is 0. The molecule has 2 saturated carbocycles. The summed E-state index contributed by atoms with van der Waals surface area (Å²) in [5.74, 6) is 1.10. The number of anilines is 2. The highest BCUT2D eigenvalue weighted by molar-refractivity contribution is 5.91. The molecule has 4 aliphatic heterocycles. The van der Waals surface area contributed by atoms with Gasteiger partial charge in [0.2, 0.25) is 5.96 Å². The molecule has 1 aromatic heterocycles. The average molecular weight is 628 g/mol. The van der Waals surface area contributed by atoms with E-state index in [1.165, 1.54) is 12.8 Å². The molecule has 12 heteroatoms. The molecule has 12 nitrogen and oxygen atoms in total. The topological polar surface area (TPSA) is 133 Å². The molecule has 3 atom stereocenters. The van der Waals surface area contributed by atoms with E-state index in [9.17, 15) is 15.0 Å². The molecule has 1 aromatic carbocycles. The Morgan fingerprint density at radius 3 is 2.59 bits per heavy atom. The Labute approximate surface area is 270 Å².